The van der Waals surface area contributed by atoms with Crippen LogP contribution in [0.25, 0.3) is 0 Å². The van der Waals surface area contributed by atoms with Crippen LogP contribution in [-0.2, 0) is 65.4 Å². The number of ether oxygens (including phenoxy) is 4. The number of unbranched alkanes of at least 4 members (excludes halogenated alkanes) is 18. The first-order valence-electron chi connectivity index (χ1n) is 37.1. The summed E-state index contributed by atoms with van der Waals surface area (Å²) >= 11 is 0. The zero-order valence-electron chi connectivity index (χ0n) is 60.7. The maximum absolute atomic E-state index is 13.0. The molecule has 0 amide bonds. The molecular formula is C79H130O17P2. The first-order chi connectivity index (χ1) is 47.7. The summed E-state index contributed by atoms with van der Waals surface area (Å²) in [5.41, 5.74) is 0. The Bertz CT molecular complexity index is 2430. The lowest BCUT2D eigenvalue weighted by atomic mass is 10.1. The van der Waals surface area contributed by atoms with Gasteiger partial charge in [-0.05, 0) is 122 Å². The van der Waals surface area contributed by atoms with Crippen molar-refractivity contribution < 1.29 is 80.2 Å². The molecule has 5 unspecified atom stereocenters. The van der Waals surface area contributed by atoms with Crippen molar-refractivity contribution >= 4 is 39.5 Å². The summed E-state index contributed by atoms with van der Waals surface area (Å²) in [5.74, 6) is -2.36. The average Bonchev–Trinajstić information content (AvgIpc) is 1.03. The molecule has 0 heterocycles. The van der Waals surface area contributed by atoms with Gasteiger partial charge in [-0.15, -0.1) is 0 Å². The van der Waals surface area contributed by atoms with Crippen LogP contribution in [-0.4, -0.2) is 96.7 Å². The van der Waals surface area contributed by atoms with Gasteiger partial charge in [-0.25, -0.2) is 9.13 Å². The quantitative estimate of drug-likeness (QED) is 0.0169. The van der Waals surface area contributed by atoms with E-state index in [4.69, 9.17) is 37.0 Å². The van der Waals surface area contributed by atoms with Gasteiger partial charge in [0.1, 0.15) is 19.3 Å². The number of carbonyl (C=O) groups excluding carboxylic acids is 4. The zero-order valence-corrected chi connectivity index (χ0v) is 62.4. The molecule has 0 saturated carbocycles. The molecule has 0 radical (unpaired) electrons. The molecule has 3 N–H and O–H groups in total. The highest BCUT2D eigenvalue weighted by Gasteiger charge is 2.30. The second-order valence-corrected chi connectivity index (χ2v) is 27.0. The van der Waals surface area contributed by atoms with Gasteiger partial charge in [0.15, 0.2) is 12.2 Å². The Labute approximate surface area is 592 Å². The molecule has 0 aliphatic carbocycles. The van der Waals surface area contributed by atoms with Crippen LogP contribution >= 0.6 is 15.6 Å². The Morgan fingerprint density at radius 2 is 0.571 bits per heavy atom. The molecular weight excluding hydrogens is 1280 g/mol. The maximum Gasteiger partial charge on any atom is 0.472 e. The van der Waals surface area contributed by atoms with Crippen LogP contribution in [0.5, 0.6) is 0 Å². The highest BCUT2D eigenvalue weighted by atomic mass is 31.2. The van der Waals surface area contributed by atoms with Crippen molar-refractivity contribution in [2.45, 2.75) is 290 Å². The van der Waals surface area contributed by atoms with Gasteiger partial charge in [0.05, 0.1) is 26.4 Å². The fourth-order valence-electron chi connectivity index (χ4n) is 9.20. The number of aliphatic hydroxyl groups excluding tert-OH is 1. The van der Waals surface area contributed by atoms with Gasteiger partial charge in [-0.1, -0.05) is 270 Å². The minimum absolute atomic E-state index is 0.0331. The summed E-state index contributed by atoms with van der Waals surface area (Å²) < 4.78 is 68.2. The maximum atomic E-state index is 13.0. The van der Waals surface area contributed by atoms with Gasteiger partial charge < -0.3 is 33.8 Å². The number of rotatable bonds is 68. The minimum atomic E-state index is -4.99. The largest absolute Gasteiger partial charge is 0.472 e. The summed E-state index contributed by atoms with van der Waals surface area (Å²) in [6.45, 7) is 4.41. The number of hydrogen-bond donors (Lipinski definition) is 3. The highest BCUT2D eigenvalue weighted by molar-refractivity contribution is 7.47. The van der Waals surface area contributed by atoms with Crippen LogP contribution in [0.2, 0.25) is 0 Å². The van der Waals surface area contributed by atoms with Crippen molar-refractivity contribution in [2.24, 2.45) is 0 Å². The Balaban J connectivity index is 5.41. The van der Waals surface area contributed by atoms with Gasteiger partial charge in [0, 0.05) is 25.7 Å². The van der Waals surface area contributed by atoms with Crippen LogP contribution in [0.4, 0.5) is 0 Å². The molecule has 0 rings (SSSR count). The number of aliphatic hydroxyl groups is 1. The van der Waals surface area contributed by atoms with Crippen molar-refractivity contribution in [3.8, 4) is 0 Å². The van der Waals surface area contributed by atoms with Crippen LogP contribution in [0.15, 0.2) is 146 Å². The second-order valence-electron chi connectivity index (χ2n) is 24.1. The summed E-state index contributed by atoms with van der Waals surface area (Å²) in [6, 6.07) is 0. The molecule has 5 atom stereocenters. The lowest BCUT2D eigenvalue weighted by molar-refractivity contribution is -0.161. The van der Waals surface area contributed by atoms with Gasteiger partial charge in [-0.2, -0.15) is 0 Å². The molecule has 17 nitrogen and oxygen atoms in total. The van der Waals surface area contributed by atoms with Crippen LogP contribution in [0, 0.1) is 0 Å². The van der Waals surface area contributed by atoms with Crippen molar-refractivity contribution in [3.05, 3.63) is 146 Å². The van der Waals surface area contributed by atoms with Crippen molar-refractivity contribution in [3.63, 3.8) is 0 Å². The third kappa shape index (κ3) is 69.4. The number of carbonyl (C=O) groups is 4. The number of phosphoric acid groups is 2. The molecule has 0 spiro atoms. The molecule has 98 heavy (non-hydrogen) atoms. The SMILES string of the molecule is CC/C=C\C/C=C\C/C=C\C/C=C\C/C=C\C/C=C\CCC(=O)OCC(COP(=O)(O)OCC(O)COP(=O)(O)OCC(COC(=O)CCC/C=C\C/C=C\C/C=C\C/C=C\C/C=C\CC)OC(=O)CCCCCCC/C=C\CCCC)OC(=O)CCCCCCCCCCCCC. The lowest BCUT2D eigenvalue weighted by Gasteiger charge is -2.21. The highest BCUT2D eigenvalue weighted by Crippen LogP contribution is 2.45. The monoisotopic (exact) mass is 1410 g/mol. The molecule has 0 aliphatic heterocycles. The average molecular weight is 1410 g/mol. The molecule has 19 heteroatoms. The van der Waals surface area contributed by atoms with Crippen LogP contribution in [0.1, 0.15) is 272 Å². The zero-order chi connectivity index (χ0) is 71.8. The van der Waals surface area contributed by atoms with Gasteiger partial charge in [0.2, 0.25) is 0 Å². The summed E-state index contributed by atoms with van der Waals surface area (Å²) in [5, 5.41) is 10.6. The second kappa shape index (κ2) is 70.4. The van der Waals surface area contributed by atoms with Crippen molar-refractivity contribution in [1.29, 1.82) is 0 Å². The number of hydrogen-bond acceptors (Lipinski definition) is 15. The van der Waals surface area contributed by atoms with E-state index in [1.165, 1.54) is 51.4 Å². The fourth-order valence-corrected chi connectivity index (χ4v) is 10.8. The Morgan fingerprint density at radius 3 is 0.949 bits per heavy atom. The smallest absolute Gasteiger partial charge is 0.462 e. The third-order valence-corrected chi connectivity index (χ3v) is 16.7. The van der Waals surface area contributed by atoms with E-state index in [0.717, 1.165) is 128 Å². The number of esters is 4. The molecule has 0 fully saturated rings. The van der Waals surface area contributed by atoms with E-state index in [9.17, 15) is 43.2 Å². The van der Waals surface area contributed by atoms with Crippen LogP contribution < -0.4 is 0 Å². The van der Waals surface area contributed by atoms with E-state index in [1.54, 1.807) is 0 Å². The third-order valence-electron chi connectivity index (χ3n) is 14.8. The van der Waals surface area contributed by atoms with E-state index < -0.39 is 97.5 Å². The van der Waals surface area contributed by atoms with Crippen molar-refractivity contribution in [2.75, 3.05) is 39.6 Å². The predicted octanol–water partition coefficient (Wildman–Crippen LogP) is 21.1. The Morgan fingerprint density at radius 1 is 0.296 bits per heavy atom. The first kappa shape index (κ1) is 92.9. The standard InChI is InChI=1S/C79H130O17P2/c1-5-9-13-17-21-25-29-31-33-35-36-38-40-42-46-48-52-56-60-64-77(82)90-70-75(96-79(84)66-62-58-54-50-44-28-24-20-16-12-8-4)72-94-98(87,88)92-68-73(80)67-91-97(85,86)93-71-74(95-78(83)65-61-57-53-49-43-27-23-19-15-11-7-3)69-89-76(81)63-59-55-51-47-45-41-39-37-34-32-30-26-22-18-14-10-6-2/h9-10,13-14,19,21-23,25-26,31-34,36,38-39,41-42,46-47,51-52,56,73-75,80H,5-8,11-12,15-18,20,24,27-30,35,37,40,43-45,48-50,53-55,57-72H2,1-4H3,(H,85,86)(H,87,88)/b13-9-,14-10-,23-19-,25-21-,26-22-,33-31-,34-32-,38-36-,41-39-,46-42-,51-47-,56-52-. The Kier molecular flexibility index (Phi) is 66.7. The first-order valence-corrected chi connectivity index (χ1v) is 40.1. The molecule has 0 aromatic heterocycles. The Hall–Kier alpha value is -5.06. The molecule has 0 aromatic rings. The van der Waals surface area contributed by atoms with E-state index in [0.29, 0.717) is 38.5 Å². The van der Waals surface area contributed by atoms with E-state index in [2.05, 4.69) is 143 Å². The van der Waals surface area contributed by atoms with Gasteiger partial charge in [0.25, 0.3) is 0 Å². The molecule has 0 aromatic carbocycles. The molecule has 558 valence electrons. The topological polar surface area (TPSA) is 237 Å². The molecule has 0 bridgehead atoms. The van der Waals surface area contributed by atoms with Gasteiger partial charge >= 0.3 is 39.5 Å². The van der Waals surface area contributed by atoms with Crippen molar-refractivity contribution in [1.82, 2.24) is 0 Å². The minimum Gasteiger partial charge on any atom is -0.462 e. The number of phosphoric ester groups is 2. The fraction of sp³-hybridized carbons (Fsp3) is 0.646. The normalized spacial score (nSPS) is 14.8. The summed E-state index contributed by atoms with van der Waals surface area (Å²) in [6.07, 6.45) is 78.8. The summed E-state index contributed by atoms with van der Waals surface area (Å²) in [4.78, 5) is 72.6. The molecule has 0 aliphatic rings. The summed E-state index contributed by atoms with van der Waals surface area (Å²) in [7, 11) is -9.98. The molecule has 0 saturated heterocycles. The lowest BCUT2D eigenvalue weighted by Crippen LogP contribution is -2.30. The van der Waals surface area contributed by atoms with E-state index >= 15 is 0 Å². The van der Waals surface area contributed by atoms with E-state index in [-0.39, 0.29) is 25.7 Å². The van der Waals surface area contributed by atoms with Crippen LogP contribution in [0.3, 0.4) is 0 Å². The van der Waals surface area contributed by atoms with Gasteiger partial charge in [-0.3, -0.25) is 37.3 Å². The van der Waals surface area contributed by atoms with E-state index in [1.807, 2.05) is 30.4 Å². The predicted molar refractivity (Wildman–Crippen MR) is 399 cm³/mol. The number of allylic oxidation sites excluding steroid dienone is 24.